The standard InChI is InChI=1S/C18H11ClN2O6/c19-14-4-3-12(21(26)27)8-15(14)20-17(23)13-6-11-5-10(18(24)25)2-1-9(11)7-16(13)22/h1-8,22H,(H,20,23)(H,24,25). The van der Waals surface area contributed by atoms with E-state index in [-0.39, 0.29) is 33.3 Å². The Hall–Kier alpha value is -3.65. The largest absolute Gasteiger partial charge is 0.507 e. The third-order valence-corrected chi connectivity index (χ3v) is 4.18. The summed E-state index contributed by atoms with van der Waals surface area (Å²) < 4.78 is 0. The lowest BCUT2D eigenvalue weighted by Gasteiger charge is -2.10. The summed E-state index contributed by atoms with van der Waals surface area (Å²) in [5.74, 6) is -2.21. The van der Waals surface area contributed by atoms with E-state index in [9.17, 15) is 24.8 Å². The van der Waals surface area contributed by atoms with Crippen LogP contribution in [0, 0.1) is 10.1 Å². The maximum Gasteiger partial charge on any atom is 0.335 e. The second-order valence-electron chi connectivity index (χ2n) is 5.61. The highest BCUT2D eigenvalue weighted by Gasteiger charge is 2.17. The Morgan fingerprint density at radius 2 is 1.78 bits per heavy atom. The Kier molecular flexibility index (Phi) is 4.66. The topological polar surface area (TPSA) is 130 Å². The van der Waals surface area contributed by atoms with Gasteiger partial charge in [0.05, 0.1) is 26.8 Å². The maximum absolute atomic E-state index is 12.5. The predicted molar refractivity (Wildman–Crippen MR) is 98.6 cm³/mol. The van der Waals surface area contributed by atoms with Gasteiger partial charge in [0.1, 0.15) is 5.75 Å². The zero-order valence-corrected chi connectivity index (χ0v) is 14.2. The number of anilines is 1. The van der Waals surface area contributed by atoms with Crippen LogP contribution in [0.15, 0.2) is 48.5 Å². The molecule has 136 valence electrons. The van der Waals surface area contributed by atoms with E-state index in [2.05, 4.69) is 5.32 Å². The fraction of sp³-hybridized carbons (Fsp3) is 0. The summed E-state index contributed by atoms with van der Waals surface area (Å²) in [6.45, 7) is 0. The summed E-state index contributed by atoms with van der Waals surface area (Å²) in [4.78, 5) is 33.8. The number of carbonyl (C=O) groups excluding carboxylic acids is 1. The summed E-state index contributed by atoms with van der Waals surface area (Å²) in [6, 6.07) is 10.5. The summed E-state index contributed by atoms with van der Waals surface area (Å²) in [6.07, 6.45) is 0. The molecule has 0 aliphatic carbocycles. The molecule has 0 atom stereocenters. The number of hydrogen-bond acceptors (Lipinski definition) is 5. The Labute approximate surface area is 156 Å². The van der Waals surface area contributed by atoms with Gasteiger partial charge in [-0.3, -0.25) is 14.9 Å². The van der Waals surface area contributed by atoms with Crippen molar-refractivity contribution in [3.8, 4) is 5.75 Å². The zero-order chi connectivity index (χ0) is 19.7. The smallest absolute Gasteiger partial charge is 0.335 e. The number of fused-ring (bicyclic) bond motifs is 1. The SMILES string of the molecule is O=C(O)c1ccc2cc(O)c(C(=O)Nc3cc([N+](=O)[O-])ccc3Cl)cc2c1. The van der Waals surface area contributed by atoms with Crippen LogP contribution < -0.4 is 5.32 Å². The summed E-state index contributed by atoms with van der Waals surface area (Å²) >= 11 is 5.96. The summed E-state index contributed by atoms with van der Waals surface area (Å²) in [5.41, 5.74) is -0.355. The van der Waals surface area contributed by atoms with Crippen LogP contribution in [0.5, 0.6) is 5.75 Å². The van der Waals surface area contributed by atoms with Gasteiger partial charge >= 0.3 is 5.97 Å². The third-order valence-electron chi connectivity index (χ3n) is 3.86. The molecule has 0 saturated carbocycles. The molecular weight excluding hydrogens is 376 g/mol. The molecule has 3 aromatic carbocycles. The predicted octanol–water partition coefficient (Wildman–Crippen LogP) is 4.06. The number of nitro benzene ring substituents is 1. The van der Waals surface area contributed by atoms with Crippen LogP contribution in [0.25, 0.3) is 10.8 Å². The molecule has 8 nitrogen and oxygen atoms in total. The molecule has 0 bridgehead atoms. The van der Waals surface area contributed by atoms with Crippen LogP contribution in [0.2, 0.25) is 5.02 Å². The van der Waals surface area contributed by atoms with Crippen molar-refractivity contribution in [1.29, 1.82) is 0 Å². The molecule has 0 spiro atoms. The number of nitrogens with one attached hydrogen (secondary N) is 1. The van der Waals surface area contributed by atoms with Crippen molar-refractivity contribution in [3.05, 3.63) is 74.8 Å². The van der Waals surface area contributed by atoms with Crippen LogP contribution in [0.4, 0.5) is 11.4 Å². The molecule has 3 N–H and O–H groups in total. The number of hydrogen-bond donors (Lipinski definition) is 3. The molecule has 0 unspecified atom stereocenters. The van der Waals surface area contributed by atoms with Gasteiger partial charge in [0.15, 0.2) is 0 Å². The number of aromatic hydroxyl groups is 1. The van der Waals surface area contributed by atoms with Crippen LogP contribution in [0.1, 0.15) is 20.7 Å². The van der Waals surface area contributed by atoms with Gasteiger partial charge in [-0.2, -0.15) is 0 Å². The van der Waals surface area contributed by atoms with E-state index in [1.165, 1.54) is 42.5 Å². The van der Waals surface area contributed by atoms with Crippen molar-refractivity contribution >= 4 is 45.6 Å². The lowest BCUT2D eigenvalue weighted by atomic mass is 10.0. The minimum Gasteiger partial charge on any atom is -0.507 e. The van der Waals surface area contributed by atoms with E-state index < -0.39 is 16.8 Å². The molecule has 9 heteroatoms. The molecule has 3 rings (SSSR count). The van der Waals surface area contributed by atoms with Gasteiger partial charge in [0.2, 0.25) is 0 Å². The van der Waals surface area contributed by atoms with Gasteiger partial charge in [-0.05, 0) is 41.1 Å². The average Bonchev–Trinajstić information content (AvgIpc) is 2.62. The van der Waals surface area contributed by atoms with Crippen LogP contribution >= 0.6 is 11.6 Å². The minimum absolute atomic E-state index is 0.00894. The molecule has 0 fully saturated rings. The Bertz CT molecular complexity index is 1110. The number of phenols is 1. The number of amides is 1. The van der Waals surface area contributed by atoms with Crippen LogP contribution in [-0.4, -0.2) is 27.0 Å². The van der Waals surface area contributed by atoms with E-state index in [0.717, 1.165) is 6.07 Å². The second-order valence-corrected chi connectivity index (χ2v) is 6.02. The van der Waals surface area contributed by atoms with E-state index in [0.29, 0.717) is 10.8 Å². The lowest BCUT2D eigenvalue weighted by Crippen LogP contribution is -2.12. The van der Waals surface area contributed by atoms with E-state index in [1.54, 1.807) is 0 Å². The van der Waals surface area contributed by atoms with Crippen LogP contribution in [-0.2, 0) is 0 Å². The first-order chi connectivity index (χ1) is 12.8. The van der Waals surface area contributed by atoms with Gasteiger partial charge in [-0.25, -0.2) is 4.79 Å². The fourth-order valence-electron chi connectivity index (χ4n) is 2.51. The van der Waals surface area contributed by atoms with E-state index in [4.69, 9.17) is 16.7 Å². The number of carboxylic acids is 1. The number of nitro groups is 1. The highest BCUT2D eigenvalue weighted by molar-refractivity contribution is 6.34. The lowest BCUT2D eigenvalue weighted by molar-refractivity contribution is -0.384. The fourth-order valence-corrected chi connectivity index (χ4v) is 2.68. The molecule has 0 radical (unpaired) electrons. The van der Waals surface area contributed by atoms with Gasteiger partial charge in [-0.1, -0.05) is 17.7 Å². The molecule has 0 aliphatic rings. The molecule has 27 heavy (non-hydrogen) atoms. The minimum atomic E-state index is -1.13. The normalized spacial score (nSPS) is 10.6. The first kappa shape index (κ1) is 18.2. The Balaban J connectivity index is 2.00. The molecule has 0 saturated heterocycles. The highest BCUT2D eigenvalue weighted by Crippen LogP contribution is 2.30. The number of rotatable bonds is 4. The molecule has 0 heterocycles. The monoisotopic (exact) mass is 386 g/mol. The number of non-ortho nitro benzene ring substituents is 1. The van der Waals surface area contributed by atoms with E-state index in [1.807, 2.05) is 0 Å². The van der Waals surface area contributed by atoms with Crippen molar-refractivity contribution in [1.82, 2.24) is 0 Å². The van der Waals surface area contributed by atoms with Crippen molar-refractivity contribution < 1.29 is 24.7 Å². The van der Waals surface area contributed by atoms with Crippen molar-refractivity contribution in [2.24, 2.45) is 0 Å². The van der Waals surface area contributed by atoms with Crippen molar-refractivity contribution in [2.45, 2.75) is 0 Å². The van der Waals surface area contributed by atoms with Gasteiger partial charge in [-0.15, -0.1) is 0 Å². The van der Waals surface area contributed by atoms with Gasteiger partial charge in [0.25, 0.3) is 11.6 Å². The first-order valence-corrected chi connectivity index (χ1v) is 7.89. The molecule has 1 amide bonds. The number of carboxylic acid groups (broad SMARTS) is 1. The summed E-state index contributed by atoms with van der Waals surface area (Å²) in [7, 11) is 0. The second kappa shape index (κ2) is 6.93. The third kappa shape index (κ3) is 3.65. The molecule has 0 aromatic heterocycles. The number of phenolic OH excluding ortho intramolecular Hbond substituents is 1. The number of aromatic carboxylic acids is 1. The number of nitrogens with zero attached hydrogens (tertiary/aromatic N) is 1. The quantitative estimate of drug-likeness (QED) is 0.458. The van der Waals surface area contributed by atoms with Crippen molar-refractivity contribution in [2.75, 3.05) is 5.32 Å². The molecule has 3 aromatic rings. The van der Waals surface area contributed by atoms with Crippen LogP contribution in [0.3, 0.4) is 0 Å². The molecular formula is C18H11ClN2O6. The average molecular weight is 387 g/mol. The molecule has 0 aliphatic heterocycles. The van der Waals surface area contributed by atoms with E-state index >= 15 is 0 Å². The number of benzene rings is 3. The number of halogens is 1. The first-order valence-electron chi connectivity index (χ1n) is 7.51. The zero-order valence-electron chi connectivity index (χ0n) is 13.5. The Morgan fingerprint density at radius 3 is 2.44 bits per heavy atom. The highest BCUT2D eigenvalue weighted by atomic mass is 35.5. The summed E-state index contributed by atoms with van der Waals surface area (Å²) in [5, 5.41) is 33.5. The van der Waals surface area contributed by atoms with Gasteiger partial charge < -0.3 is 15.5 Å². The maximum atomic E-state index is 12.5. The Morgan fingerprint density at radius 1 is 1.04 bits per heavy atom. The van der Waals surface area contributed by atoms with Crippen molar-refractivity contribution in [3.63, 3.8) is 0 Å². The van der Waals surface area contributed by atoms with Gasteiger partial charge in [0, 0.05) is 12.1 Å². The number of carbonyl (C=O) groups is 2.